The molecule has 0 radical (unpaired) electrons. The molecule has 0 aliphatic carbocycles. The van der Waals surface area contributed by atoms with Gasteiger partial charge in [-0.05, 0) is 31.6 Å². The van der Waals surface area contributed by atoms with Crippen molar-refractivity contribution in [2.75, 3.05) is 26.9 Å². The van der Waals surface area contributed by atoms with Gasteiger partial charge >= 0.3 is 0 Å². The van der Waals surface area contributed by atoms with Gasteiger partial charge in [0.15, 0.2) is 0 Å². The summed E-state index contributed by atoms with van der Waals surface area (Å²) in [5.74, 6) is 0.522. The van der Waals surface area contributed by atoms with Gasteiger partial charge in [0.1, 0.15) is 0 Å². The molecule has 0 amide bonds. The molecular weight excluding hydrogens is 308 g/mol. The number of ether oxygens (including phenoxy) is 2. The van der Waals surface area contributed by atoms with E-state index in [9.17, 15) is 0 Å². The van der Waals surface area contributed by atoms with Crippen molar-refractivity contribution in [1.29, 1.82) is 0 Å². The molecule has 0 heterocycles. The van der Waals surface area contributed by atoms with Crippen LogP contribution in [0.15, 0.2) is 38.0 Å². The number of rotatable bonds is 19. The first-order valence-corrected chi connectivity index (χ1v) is 10.2. The van der Waals surface area contributed by atoms with Crippen LogP contribution in [-0.2, 0) is 9.47 Å². The Labute approximate surface area is 157 Å². The van der Waals surface area contributed by atoms with E-state index in [4.69, 9.17) is 9.47 Å². The summed E-state index contributed by atoms with van der Waals surface area (Å²) >= 11 is 0. The van der Waals surface area contributed by atoms with Crippen LogP contribution in [0, 0.1) is 11.3 Å². The minimum atomic E-state index is -0.153. The minimum Gasteiger partial charge on any atom is -0.385 e. The Balaban J connectivity index is 4.31. The van der Waals surface area contributed by atoms with Crippen LogP contribution in [0.3, 0.4) is 0 Å². The summed E-state index contributed by atoms with van der Waals surface area (Å²) in [5, 5.41) is 0. The Morgan fingerprint density at radius 3 is 1.92 bits per heavy atom. The predicted octanol–water partition coefficient (Wildman–Crippen LogP) is 6.73. The zero-order chi connectivity index (χ0) is 18.8. The molecule has 2 heteroatoms. The fourth-order valence-electron chi connectivity index (χ4n) is 3.40. The van der Waals surface area contributed by atoms with Crippen molar-refractivity contribution >= 4 is 0 Å². The van der Waals surface area contributed by atoms with Crippen LogP contribution in [0.4, 0.5) is 0 Å². The first kappa shape index (κ1) is 24.1. The van der Waals surface area contributed by atoms with E-state index >= 15 is 0 Å². The van der Waals surface area contributed by atoms with E-state index in [0.717, 1.165) is 39.1 Å². The molecule has 146 valence electrons. The van der Waals surface area contributed by atoms with Gasteiger partial charge < -0.3 is 9.47 Å². The Morgan fingerprint density at radius 1 is 0.760 bits per heavy atom. The number of methoxy groups -OCH3 is 1. The second kappa shape index (κ2) is 16.6. The van der Waals surface area contributed by atoms with Gasteiger partial charge in [0.05, 0.1) is 0 Å². The lowest BCUT2D eigenvalue weighted by atomic mass is 9.71. The topological polar surface area (TPSA) is 18.5 Å². The van der Waals surface area contributed by atoms with Gasteiger partial charge in [0.25, 0.3) is 0 Å². The van der Waals surface area contributed by atoms with Crippen LogP contribution in [-0.4, -0.2) is 26.9 Å². The largest absolute Gasteiger partial charge is 0.385 e. The zero-order valence-electron chi connectivity index (χ0n) is 16.9. The zero-order valence-corrected chi connectivity index (χ0v) is 16.9. The minimum absolute atomic E-state index is 0.153. The summed E-state index contributed by atoms with van der Waals surface area (Å²) in [6, 6.07) is 0. The standard InChI is InChI=1S/C23H42O2/c1-6-10-11-12-13-14-17-22(23(7-2,8-3)9-4)18-15-20-25-21-16-19-24-5/h7-9,22H,2-4,6,10-21H2,1,5H3. The van der Waals surface area contributed by atoms with E-state index < -0.39 is 0 Å². The molecule has 0 aromatic rings. The molecule has 0 saturated carbocycles. The van der Waals surface area contributed by atoms with Crippen molar-refractivity contribution in [1.82, 2.24) is 0 Å². The predicted molar refractivity (Wildman–Crippen MR) is 111 cm³/mol. The molecule has 0 N–H and O–H groups in total. The molecule has 1 unspecified atom stereocenters. The summed E-state index contributed by atoms with van der Waals surface area (Å²) in [5.41, 5.74) is -0.153. The third-order valence-electron chi connectivity index (χ3n) is 5.15. The molecular formula is C23H42O2. The number of allylic oxidation sites excluding steroid dienone is 3. The van der Waals surface area contributed by atoms with Gasteiger partial charge in [0.2, 0.25) is 0 Å². The molecule has 25 heavy (non-hydrogen) atoms. The van der Waals surface area contributed by atoms with Crippen LogP contribution >= 0.6 is 0 Å². The van der Waals surface area contributed by atoms with E-state index in [1.807, 2.05) is 18.2 Å². The smallest absolute Gasteiger partial charge is 0.0487 e. The van der Waals surface area contributed by atoms with Crippen LogP contribution in [0.2, 0.25) is 0 Å². The van der Waals surface area contributed by atoms with E-state index in [1.54, 1.807) is 7.11 Å². The summed E-state index contributed by atoms with van der Waals surface area (Å²) < 4.78 is 10.8. The van der Waals surface area contributed by atoms with Crippen LogP contribution in [0.25, 0.3) is 0 Å². The highest BCUT2D eigenvalue weighted by atomic mass is 16.5. The Bertz CT molecular complexity index is 313. The van der Waals surface area contributed by atoms with Gasteiger partial charge in [-0.1, -0.05) is 63.7 Å². The molecule has 0 saturated heterocycles. The summed E-state index contributed by atoms with van der Waals surface area (Å²) in [6.07, 6.45) is 18.4. The SMILES string of the molecule is C=CC(C=C)(C=C)C(CCCCCCCC)CCCOCCCOC. The Hall–Kier alpha value is -0.860. The maximum Gasteiger partial charge on any atom is 0.0487 e. The maximum atomic E-state index is 5.71. The lowest BCUT2D eigenvalue weighted by Gasteiger charge is -2.33. The molecule has 1 atom stereocenters. The molecule has 0 aliphatic rings. The number of unbranched alkanes of at least 4 members (excludes halogenated alkanes) is 5. The second-order valence-corrected chi connectivity index (χ2v) is 6.97. The molecule has 0 aromatic heterocycles. The molecule has 0 fully saturated rings. The maximum absolute atomic E-state index is 5.71. The van der Waals surface area contributed by atoms with Gasteiger partial charge in [-0.2, -0.15) is 0 Å². The fourth-order valence-corrected chi connectivity index (χ4v) is 3.40. The second-order valence-electron chi connectivity index (χ2n) is 6.97. The molecule has 0 bridgehead atoms. The van der Waals surface area contributed by atoms with E-state index in [0.29, 0.717) is 5.92 Å². The Kier molecular flexibility index (Phi) is 16.0. The van der Waals surface area contributed by atoms with Crippen LogP contribution in [0.1, 0.15) is 71.1 Å². The van der Waals surface area contributed by atoms with Crippen molar-refractivity contribution in [3.8, 4) is 0 Å². The number of hydrogen-bond donors (Lipinski definition) is 0. The quantitative estimate of drug-likeness (QED) is 0.190. The average molecular weight is 351 g/mol. The van der Waals surface area contributed by atoms with E-state index in [-0.39, 0.29) is 5.41 Å². The molecule has 0 aliphatic heterocycles. The van der Waals surface area contributed by atoms with Crippen molar-refractivity contribution in [2.24, 2.45) is 11.3 Å². The lowest BCUT2D eigenvalue weighted by molar-refractivity contribution is 0.0959. The lowest BCUT2D eigenvalue weighted by Crippen LogP contribution is -2.24. The monoisotopic (exact) mass is 350 g/mol. The third-order valence-corrected chi connectivity index (χ3v) is 5.15. The van der Waals surface area contributed by atoms with Crippen molar-refractivity contribution in [3.63, 3.8) is 0 Å². The van der Waals surface area contributed by atoms with Gasteiger partial charge in [0, 0.05) is 32.3 Å². The summed E-state index contributed by atoms with van der Waals surface area (Å²) in [7, 11) is 1.73. The highest BCUT2D eigenvalue weighted by Gasteiger charge is 2.29. The highest BCUT2D eigenvalue weighted by molar-refractivity contribution is 5.18. The molecule has 0 aromatic carbocycles. The van der Waals surface area contributed by atoms with Crippen molar-refractivity contribution in [3.05, 3.63) is 38.0 Å². The number of hydrogen-bond acceptors (Lipinski definition) is 2. The molecule has 0 rings (SSSR count). The van der Waals surface area contributed by atoms with Crippen molar-refractivity contribution in [2.45, 2.75) is 71.1 Å². The van der Waals surface area contributed by atoms with Crippen LogP contribution < -0.4 is 0 Å². The summed E-state index contributed by atoms with van der Waals surface area (Å²) in [4.78, 5) is 0. The Morgan fingerprint density at radius 2 is 1.32 bits per heavy atom. The van der Waals surface area contributed by atoms with E-state index in [1.165, 1.54) is 44.9 Å². The average Bonchev–Trinajstić information content (AvgIpc) is 2.64. The first-order chi connectivity index (χ1) is 12.2. The molecule has 0 spiro atoms. The third kappa shape index (κ3) is 10.7. The van der Waals surface area contributed by atoms with Crippen LogP contribution in [0.5, 0.6) is 0 Å². The summed E-state index contributed by atoms with van der Waals surface area (Å²) in [6.45, 7) is 16.8. The normalized spacial score (nSPS) is 12.7. The molecule has 2 nitrogen and oxygen atoms in total. The van der Waals surface area contributed by atoms with Crippen molar-refractivity contribution < 1.29 is 9.47 Å². The van der Waals surface area contributed by atoms with Gasteiger partial charge in [-0.25, -0.2) is 0 Å². The fraction of sp³-hybridized carbons (Fsp3) is 0.739. The van der Waals surface area contributed by atoms with Gasteiger partial charge in [-0.15, -0.1) is 19.7 Å². The first-order valence-electron chi connectivity index (χ1n) is 10.2. The van der Waals surface area contributed by atoms with E-state index in [2.05, 4.69) is 26.7 Å². The highest BCUT2D eigenvalue weighted by Crippen LogP contribution is 2.38. The van der Waals surface area contributed by atoms with Gasteiger partial charge in [-0.3, -0.25) is 0 Å².